The molecule has 2 atom stereocenters. The smallest absolute Gasteiger partial charge is 0.355 e. The summed E-state index contributed by atoms with van der Waals surface area (Å²) in [5.41, 5.74) is 0.995. The molecule has 8 heteroatoms. The van der Waals surface area contributed by atoms with Crippen molar-refractivity contribution >= 4 is 50.8 Å². The molecule has 0 aromatic heterocycles. The number of esters is 1. The molecule has 0 saturated carbocycles. The van der Waals surface area contributed by atoms with E-state index >= 15 is 0 Å². The molecular formula is C19H14BrN3O4. The average molecular weight is 428 g/mol. The molecular weight excluding hydrogens is 414 g/mol. The minimum Gasteiger partial charge on any atom is -0.464 e. The number of amides is 2. The second-order valence-electron chi connectivity index (χ2n) is 6.07. The molecule has 0 radical (unpaired) electrons. The van der Waals surface area contributed by atoms with E-state index < -0.39 is 29.7 Å². The Morgan fingerprint density at radius 2 is 1.67 bits per heavy atom. The predicted molar refractivity (Wildman–Crippen MR) is 102 cm³/mol. The van der Waals surface area contributed by atoms with Crippen LogP contribution in [0, 0.1) is 5.92 Å². The molecule has 4 rings (SSSR count). The van der Waals surface area contributed by atoms with Crippen LogP contribution in [0.25, 0.3) is 0 Å². The number of ether oxygens (including phenoxy) is 1. The van der Waals surface area contributed by atoms with E-state index in [4.69, 9.17) is 4.74 Å². The number of nitrogens with zero attached hydrogens (tertiary/aromatic N) is 3. The Morgan fingerprint density at radius 3 is 2.30 bits per heavy atom. The Balaban J connectivity index is 1.80. The van der Waals surface area contributed by atoms with Crippen LogP contribution in [-0.2, 0) is 19.1 Å². The molecule has 0 unspecified atom stereocenters. The zero-order valence-electron chi connectivity index (χ0n) is 14.2. The first-order valence-corrected chi connectivity index (χ1v) is 8.96. The zero-order chi connectivity index (χ0) is 19.1. The summed E-state index contributed by atoms with van der Waals surface area (Å²) in [6.07, 6.45) is 0. The summed E-state index contributed by atoms with van der Waals surface area (Å²) in [6, 6.07) is 14.9. The van der Waals surface area contributed by atoms with Gasteiger partial charge in [-0.1, -0.05) is 34.1 Å². The number of methoxy groups -OCH3 is 1. The van der Waals surface area contributed by atoms with E-state index in [1.54, 1.807) is 48.5 Å². The Bertz CT molecular complexity index is 959. The quantitative estimate of drug-likeness (QED) is 0.554. The Hall–Kier alpha value is -3.00. The summed E-state index contributed by atoms with van der Waals surface area (Å²) in [5, 5.41) is 5.68. The van der Waals surface area contributed by atoms with Gasteiger partial charge in [-0.25, -0.2) is 9.69 Å². The van der Waals surface area contributed by atoms with Gasteiger partial charge in [0, 0.05) is 4.47 Å². The van der Waals surface area contributed by atoms with Gasteiger partial charge in [-0.15, -0.1) is 0 Å². The summed E-state index contributed by atoms with van der Waals surface area (Å²) in [6.45, 7) is 0. The van der Waals surface area contributed by atoms with Gasteiger partial charge in [-0.2, -0.15) is 5.10 Å². The first kappa shape index (κ1) is 17.4. The largest absolute Gasteiger partial charge is 0.464 e. The van der Waals surface area contributed by atoms with Crippen molar-refractivity contribution in [1.29, 1.82) is 0 Å². The highest BCUT2D eigenvalue weighted by molar-refractivity contribution is 9.10. The number of carbonyl (C=O) groups excluding carboxylic acids is 3. The van der Waals surface area contributed by atoms with Crippen LogP contribution in [0.4, 0.5) is 11.4 Å². The van der Waals surface area contributed by atoms with Crippen molar-refractivity contribution in [3.05, 3.63) is 59.1 Å². The monoisotopic (exact) mass is 427 g/mol. The number of rotatable bonds is 3. The molecule has 2 heterocycles. The van der Waals surface area contributed by atoms with Gasteiger partial charge in [0.25, 0.3) is 5.91 Å². The number of para-hydroxylation sites is 1. The third-order valence-corrected chi connectivity index (χ3v) is 5.08. The fraction of sp³-hybridized carbons (Fsp3) is 0.158. The van der Waals surface area contributed by atoms with Crippen molar-refractivity contribution in [3.8, 4) is 0 Å². The lowest BCUT2D eigenvalue weighted by Crippen LogP contribution is -2.39. The second kappa shape index (κ2) is 6.62. The number of imide groups is 1. The lowest BCUT2D eigenvalue weighted by atomic mass is 9.98. The highest BCUT2D eigenvalue weighted by atomic mass is 79.9. The van der Waals surface area contributed by atoms with Crippen LogP contribution in [0.2, 0.25) is 0 Å². The highest BCUT2D eigenvalue weighted by Crippen LogP contribution is 2.38. The molecule has 2 aromatic carbocycles. The van der Waals surface area contributed by atoms with Crippen LogP contribution in [0.5, 0.6) is 0 Å². The van der Waals surface area contributed by atoms with Gasteiger partial charge in [0.15, 0.2) is 5.71 Å². The second-order valence-corrected chi connectivity index (χ2v) is 6.98. The number of anilines is 2. The minimum absolute atomic E-state index is 0.0654. The van der Waals surface area contributed by atoms with Crippen LogP contribution in [0.1, 0.15) is 0 Å². The number of fused-ring (bicyclic) bond motifs is 1. The third kappa shape index (κ3) is 2.73. The maximum atomic E-state index is 13.1. The lowest BCUT2D eigenvalue weighted by Gasteiger charge is -2.22. The highest BCUT2D eigenvalue weighted by Gasteiger charge is 2.59. The number of hydrogen-bond acceptors (Lipinski definition) is 6. The van der Waals surface area contributed by atoms with E-state index in [0.717, 1.165) is 9.37 Å². The molecule has 0 spiro atoms. The van der Waals surface area contributed by atoms with Gasteiger partial charge >= 0.3 is 5.97 Å². The lowest BCUT2D eigenvalue weighted by molar-refractivity contribution is -0.133. The van der Waals surface area contributed by atoms with Crippen LogP contribution in [0.15, 0.2) is 64.2 Å². The van der Waals surface area contributed by atoms with Gasteiger partial charge in [-0.05, 0) is 36.4 Å². The molecule has 0 aliphatic carbocycles. The Morgan fingerprint density at radius 1 is 1.00 bits per heavy atom. The number of hydrogen-bond donors (Lipinski definition) is 0. The minimum atomic E-state index is -1.01. The fourth-order valence-electron chi connectivity index (χ4n) is 3.33. The molecule has 2 amide bonds. The maximum Gasteiger partial charge on any atom is 0.355 e. The van der Waals surface area contributed by atoms with Crippen LogP contribution < -0.4 is 9.91 Å². The number of halogens is 1. The summed E-state index contributed by atoms with van der Waals surface area (Å²) in [4.78, 5) is 39.5. The maximum absolute atomic E-state index is 13.1. The van der Waals surface area contributed by atoms with Crippen molar-refractivity contribution in [2.24, 2.45) is 11.0 Å². The molecule has 2 aliphatic rings. The average Bonchev–Trinajstić information content (AvgIpc) is 3.20. The fourth-order valence-corrected chi connectivity index (χ4v) is 3.59. The molecule has 7 nitrogen and oxygen atoms in total. The van der Waals surface area contributed by atoms with Gasteiger partial charge < -0.3 is 4.74 Å². The van der Waals surface area contributed by atoms with Crippen molar-refractivity contribution in [2.75, 3.05) is 17.0 Å². The van der Waals surface area contributed by atoms with Crippen molar-refractivity contribution in [1.82, 2.24) is 0 Å². The van der Waals surface area contributed by atoms with E-state index in [0.29, 0.717) is 11.4 Å². The summed E-state index contributed by atoms with van der Waals surface area (Å²) < 4.78 is 5.61. The number of hydrazone groups is 1. The zero-order valence-corrected chi connectivity index (χ0v) is 15.8. The van der Waals surface area contributed by atoms with Crippen molar-refractivity contribution in [2.45, 2.75) is 6.04 Å². The van der Waals surface area contributed by atoms with E-state index in [9.17, 15) is 14.4 Å². The van der Waals surface area contributed by atoms with Gasteiger partial charge in [0.1, 0.15) is 12.0 Å². The van der Waals surface area contributed by atoms with Crippen molar-refractivity contribution < 1.29 is 19.1 Å². The Kier molecular flexibility index (Phi) is 4.27. The van der Waals surface area contributed by atoms with Crippen molar-refractivity contribution in [3.63, 3.8) is 0 Å². The molecule has 0 N–H and O–H groups in total. The van der Waals surface area contributed by atoms with Gasteiger partial charge in [-0.3, -0.25) is 14.6 Å². The predicted octanol–water partition coefficient (Wildman–Crippen LogP) is 2.36. The molecule has 27 heavy (non-hydrogen) atoms. The standard InChI is InChI=1S/C19H14BrN3O4/c1-27-19(26)15-14-16(23(21-15)13-5-3-2-4-6-13)18(25)22(17(14)24)12-9-7-11(20)8-10-12/h2-10,14,16H,1H3/t14-,16+/m0/s1. The first-order chi connectivity index (χ1) is 13.0. The van der Waals surface area contributed by atoms with Crippen LogP contribution in [0.3, 0.4) is 0 Å². The number of benzene rings is 2. The van der Waals surface area contributed by atoms with E-state index in [-0.39, 0.29) is 5.71 Å². The SMILES string of the molecule is COC(=O)C1=NN(c2ccccc2)[C@H]2C(=O)N(c3ccc(Br)cc3)C(=O)[C@@H]12. The van der Waals surface area contributed by atoms with Crippen LogP contribution in [-0.4, -0.2) is 36.6 Å². The topological polar surface area (TPSA) is 79.3 Å². The Labute approximate surface area is 163 Å². The van der Waals surface area contributed by atoms with E-state index in [1.807, 2.05) is 6.07 Å². The number of carbonyl (C=O) groups is 3. The first-order valence-electron chi connectivity index (χ1n) is 8.17. The summed E-state index contributed by atoms with van der Waals surface area (Å²) >= 11 is 3.33. The normalized spacial score (nSPS) is 21.3. The summed E-state index contributed by atoms with van der Waals surface area (Å²) in [5.74, 6) is -2.65. The van der Waals surface area contributed by atoms with E-state index in [1.165, 1.54) is 12.1 Å². The summed E-state index contributed by atoms with van der Waals surface area (Å²) in [7, 11) is 1.22. The molecule has 1 saturated heterocycles. The molecule has 2 aromatic rings. The van der Waals surface area contributed by atoms with E-state index in [2.05, 4.69) is 21.0 Å². The van der Waals surface area contributed by atoms with Gasteiger partial charge in [0.2, 0.25) is 5.91 Å². The molecule has 1 fully saturated rings. The third-order valence-electron chi connectivity index (χ3n) is 4.55. The molecule has 2 aliphatic heterocycles. The van der Waals surface area contributed by atoms with Gasteiger partial charge in [0.05, 0.1) is 18.5 Å². The molecule has 0 bridgehead atoms. The molecule has 136 valence electrons. The van der Waals surface area contributed by atoms with Crippen LogP contribution >= 0.6 is 15.9 Å².